The average molecular weight is 843 g/mol. The van der Waals surface area contributed by atoms with Crippen LogP contribution in [0.2, 0.25) is 0 Å². The van der Waals surface area contributed by atoms with Crippen LogP contribution in [0.15, 0.2) is 51.4 Å². The van der Waals surface area contributed by atoms with Crippen LogP contribution >= 0.6 is 56.5 Å². The Bertz CT molecular complexity index is 1840. The number of esters is 2. The molecule has 0 N–H and O–H groups in total. The molecule has 230 valence electrons. The number of rotatable bonds is 11. The van der Waals surface area contributed by atoms with Gasteiger partial charge in [0, 0.05) is 0 Å². The second kappa shape index (κ2) is 15.0. The van der Waals surface area contributed by atoms with Gasteiger partial charge in [-0.2, -0.15) is 5.26 Å². The van der Waals surface area contributed by atoms with E-state index in [-0.39, 0.29) is 31.0 Å². The molecule has 1 atom stereocenters. The van der Waals surface area contributed by atoms with Gasteiger partial charge < -0.3 is 23.7 Å². The van der Waals surface area contributed by atoms with E-state index in [1.807, 2.05) is 18.2 Å². The van der Waals surface area contributed by atoms with Crippen molar-refractivity contribution in [2.24, 2.45) is 4.99 Å². The molecule has 1 aromatic heterocycles. The zero-order chi connectivity index (χ0) is 32.0. The second-order valence-corrected chi connectivity index (χ2v) is 12.4. The van der Waals surface area contributed by atoms with Crippen LogP contribution in [0.4, 0.5) is 0 Å². The fourth-order valence-corrected chi connectivity index (χ4v) is 7.62. The van der Waals surface area contributed by atoms with E-state index < -0.39 is 18.0 Å². The number of ether oxygens (including phenoxy) is 5. The van der Waals surface area contributed by atoms with Gasteiger partial charge in [0.25, 0.3) is 5.56 Å². The number of halogens is 2. The molecule has 3 aromatic rings. The molecule has 1 aliphatic rings. The fourth-order valence-electron chi connectivity index (χ4n) is 4.44. The van der Waals surface area contributed by atoms with Crippen LogP contribution in [0.3, 0.4) is 0 Å². The quantitative estimate of drug-likeness (QED) is 0.208. The predicted molar refractivity (Wildman–Crippen MR) is 179 cm³/mol. The molecular formula is C30H27I2N3O8S. The lowest BCUT2D eigenvalue weighted by Gasteiger charge is -2.25. The summed E-state index contributed by atoms with van der Waals surface area (Å²) in [5.74, 6) is 0.0923. The van der Waals surface area contributed by atoms with E-state index in [1.54, 1.807) is 45.0 Å². The summed E-state index contributed by atoms with van der Waals surface area (Å²) in [6.07, 6.45) is 1.76. The van der Waals surface area contributed by atoms with E-state index >= 15 is 0 Å². The van der Waals surface area contributed by atoms with Crippen LogP contribution < -0.4 is 29.1 Å². The number of methoxy groups -OCH3 is 1. The molecule has 4 rings (SSSR count). The number of fused-ring (bicyclic) bond motifs is 1. The normalized spacial score (nSPS) is 14.3. The third-order valence-electron chi connectivity index (χ3n) is 6.27. The summed E-state index contributed by atoms with van der Waals surface area (Å²) in [4.78, 5) is 44.0. The fraction of sp³-hybridized carbons (Fsp3) is 0.300. The number of carbonyl (C=O) groups excluding carboxylic acids is 2. The van der Waals surface area contributed by atoms with Gasteiger partial charge in [-0.3, -0.25) is 9.36 Å². The van der Waals surface area contributed by atoms with E-state index in [1.165, 1.54) is 23.0 Å². The van der Waals surface area contributed by atoms with Crippen LogP contribution in [0.1, 0.15) is 37.9 Å². The summed E-state index contributed by atoms with van der Waals surface area (Å²) in [5, 5.41) is 8.89. The van der Waals surface area contributed by atoms with Gasteiger partial charge in [-0.25, -0.2) is 14.6 Å². The molecule has 0 aliphatic carbocycles. The molecule has 0 unspecified atom stereocenters. The van der Waals surface area contributed by atoms with Crippen molar-refractivity contribution in [2.75, 3.05) is 33.5 Å². The highest BCUT2D eigenvalue weighted by Gasteiger charge is 2.34. The Labute approximate surface area is 284 Å². The molecular weight excluding hydrogens is 816 g/mol. The number of nitrogens with zero attached hydrogens (tertiary/aromatic N) is 3. The number of hydrogen-bond acceptors (Lipinski definition) is 11. The first-order valence-electron chi connectivity index (χ1n) is 13.3. The van der Waals surface area contributed by atoms with Gasteiger partial charge in [0.05, 0.1) is 49.3 Å². The van der Waals surface area contributed by atoms with E-state index in [2.05, 4.69) is 54.9 Å². The van der Waals surface area contributed by atoms with Gasteiger partial charge in [-0.05, 0) is 107 Å². The topological polar surface area (TPSA) is 138 Å². The van der Waals surface area contributed by atoms with Crippen LogP contribution in [0.5, 0.6) is 17.2 Å². The van der Waals surface area contributed by atoms with Crippen molar-refractivity contribution in [1.82, 2.24) is 4.57 Å². The molecule has 11 nitrogen and oxygen atoms in total. The highest BCUT2D eigenvalue weighted by Crippen LogP contribution is 2.36. The maximum absolute atomic E-state index is 14.0. The lowest BCUT2D eigenvalue weighted by Crippen LogP contribution is -2.40. The zero-order valence-corrected chi connectivity index (χ0v) is 29.3. The average Bonchev–Trinajstić information content (AvgIpc) is 3.29. The predicted octanol–water partition coefficient (Wildman–Crippen LogP) is 3.86. The first-order chi connectivity index (χ1) is 21.1. The van der Waals surface area contributed by atoms with Gasteiger partial charge in [0.1, 0.15) is 11.8 Å². The van der Waals surface area contributed by atoms with Crippen LogP contribution in [0, 0.1) is 18.5 Å². The summed E-state index contributed by atoms with van der Waals surface area (Å²) in [6.45, 7) is 5.27. The molecule has 0 fully saturated rings. The summed E-state index contributed by atoms with van der Waals surface area (Å²) < 4.78 is 30.5. The molecule has 14 heteroatoms. The van der Waals surface area contributed by atoms with E-state index in [0.29, 0.717) is 44.4 Å². The number of carbonyl (C=O) groups is 2. The number of hydrogen-bond donors (Lipinski definition) is 0. The molecule has 44 heavy (non-hydrogen) atoms. The zero-order valence-electron chi connectivity index (χ0n) is 24.1. The number of thiazole rings is 1. The number of benzene rings is 2. The SMILES string of the molecule is CCOC(=O)C1=C(C)N=c2s/c(=C\c3cc(I)c(OCC#N)c(I)c3)c(=O)n2[C@@H]1c1ccc(OCC(=O)OC)c(OCC)c1. The Kier molecular flexibility index (Phi) is 11.4. The smallest absolute Gasteiger partial charge is 0.343 e. The van der Waals surface area contributed by atoms with Crippen molar-refractivity contribution in [2.45, 2.75) is 26.8 Å². The van der Waals surface area contributed by atoms with E-state index in [0.717, 1.165) is 12.7 Å². The van der Waals surface area contributed by atoms with Gasteiger partial charge in [-0.1, -0.05) is 17.4 Å². The summed E-state index contributed by atoms with van der Waals surface area (Å²) in [7, 11) is 1.27. The largest absolute Gasteiger partial charge is 0.490 e. The van der Waals surface area contributed by atoms with Gasteiger partial charge in [0.15, 0.2) is 29.5 Å². The minimum Gasteiger partial charge on any atom is -0.490 e. The third-order valence-corrected chi connectivity index (χ3v) is 8.86. The monoisotopic (exact) mass is 843 g/mol. The lowest BCUT2D eigenvalue weighted by molar-refractivity contribution is -0.143. The van der Waals surface area contributed by atoms with Crippen LogP contribution in [-0.4, -0.2) is 50.0 Å². The first kappa shape index (κ1) is 33.5. The molecule has 0 amide bonds. The summed E-state index contributed by atoms with van der Waals surface area (Å²) >= 11 is 5.46. The summed E-state index contributed by atoms with van der Waals surface area (Å²) in [6, 6.07) is 9.83. The van der Waals surface area contributed by atoms with Crippen molar-refractivity contribution in [3.05, 3.63) is 79.6 Å². The minimum absolute atomic E-state index is 0.0739. The molecule has 0 saturated carbocycles. The third kappa shape index (κ3) is 7.26. The minimum atomic E-state index is -0.872. The van der Waals surface area contributed by atoms with Crippen LogP contribution in [0.25, 0.3) is 6.08 Å². The van der Waals surface area contributed by atoms with Gasteiger partial charge in [-0.15, -0.1) is 0 Å². The number of nitriles is 1. The number of allylic oxidation sites excluding steroid dienone is 1. The van der Waals surface area contributed by atoms with Crippen LogP contribution in [-0.2, 0) is 19.1 Å². The van der Waals surface area contributed by atoms with Gasteiger partial charge in [0.2, 0.25) is 0 Å². The van der Waals surface area contributed by atoms with Crippen molar-refractivity contribution in [3.63, 3.8) is 0 Å². The molecule has 1 aliphatic heterocycles. The Hall–Kier alpha value is -3.43. The Morgan fingerprint density at radius 1 is 1.09 bits per heavy atom. The molecule has 2 aromatic carbocycles. The Morgan fingerprint density at radius 2 is 1.82 bits per heavy atom. The molecule has 0 saturated heterocycles. The van der Waals surface area contributed by atoms with Crippen molar-refractivity contribution in [1.29, 1.82) is 5.26 Å². The maximum atomic E-state index is 14.0. The van der Waals surface area contributed by atoms with E-state index in [4.69, 9.17) is 24.2 Å². The Morgan fingerprint density at radius 3 is 2.45 bits per heavy atom. The second-order valence-electron chi connectivity index (χ2n) is 9.07. The molecule has 0 radical (unpaired) electrons. The molecule has 0 bridgehead atoms. The highest BCUT2D eigenvalue weighted by molar-refractivity contribution is 14.1. The maximum Gasteiger partial charge on any atom is 0.343 e. The van der Waals surface area contributed by atoms with Gasteiger partial charge >= 0.3 is 11.9 Å². The standard InChI is InChI=1S/C30H27I2N3O8S/c1-5-40-22-14-18(7-8-21(22)43-15-24(36)39-4)26-25(29(38)41-6-2)16(3)34-30-35(26)28(37)23(44-30)13-17-11-19(31)27(20(32)12-17)42-10-9-33/h7-8,11-14,26H,5-6,10,15H2,1-4H3/b23-13-/t26-/m1/s1. The molecule has 2 heterocycles. The number of aromatic nitrogens is 1. The van der Waals surface area contributed by atoms with Crippen molar-refractivity contribution in [3.8, 4) is 23.3 Å². The molecule has 0 spiro atoms. The first-order valence-corrected chi connectivity index (χ1v) is 16.3. The highest BCUT2D eigenvalue weighted by atomic mass is 127. The lowest BCUT2D eigenvalue weighted by atomic mass is 9.95. The summed E-state index contributed by atoms with van der Waals surface area (Å²) in [5.41, 5.74) is 1.63. The Balaban J connectivity index is 1.88. The van der Waals surface area contributed by atoms with E-state index in [9.17, 15) is 14.4 Å². The van der Waals surface area contributed by atoms with Crippen molar-refractivity contribution < 1.29 is 33.3 Å². The van der Waals surface area contributed by atoms with Crippen molar-refractivity contribution >= 4 is 74.5 Å².